The van der Waals surface area contributed by atoms with Crippen molar-refractivity contribution in [3.8, 4) is 5.88 Å². The maximum atomic E-state index is 10.2. The minimum Gasteiger partial charge on any atom is -0.480 e. The molecule has 1 aromatic heterocycles. The van der Waals surface area contributed by atoms with E-state index in [-0.39, 0.29) is 6.61 Å². The minimum atomic E-state index is -0.980. The third kappa shape index (κ3) is 4.54. The first kappa shape index (κ1) is 14.2. The van der Waals surface area contributed by atoms with Crippen molar-refractivity contribution in [2.75, 3.05) is 31.7 Å². The molecule has 0 amide bonds. The largest absolute Gasteiger partial charge is 0.480 e. The number of anilines is 1. The van der Waals surface area contributed by atoms with Crippen molar-refractivity contribution in [1.82, 2.24) is 9.97 Å². The van der Waals surface area contributed by atoms with Gasteiger partial charge in [-0.05, 0) is 13.8 Å². The van der Waals surface area contributed by atoms with Crippen LogP contribution < -0.4 is 10.1 Å². The molecule has 0 unspecified atom stereocenters. The first-order valence-electron chi connectivity index (χ1n) is 5.63. The maximum Gasteiger partial charge on any atom is 0.329 e. The summed E-state index contributed by atoms with van der Waals surface area (Å²) in [5.41, 5.74) is 0.817. The Kier molecular flexibility index (Phi) is 5.86. The van der Waals surface area contributed by atoms with Crippen LogP contribution in [0.5, 0.6) is 5.88 Å². The van der Waals surface area contributed by atoms with Crippen LogP contribution in [-0.2, 0) is 9.53 Å². The van der Waals surface area contributed by atoms with Crippen LogP contribution >= 0.6 is 0 Å². The topological polar surface area (TPSA) is 93.6 Å². The van der Waals surface area contributed by atoms with E-state index in [2.05, 4.69) is 15.3 Å². The van der Waals surface area contributed by atoms with Crippen LogP contribution in [0.1, 0.15) is 12.5 Å². The number of nitrogens with zero attached hydrogens (tertiary/aromatic N) is 2. The van der Waals surface area contributed by atoms with Crippen molar-refractivity contribution in [3.63, 3.8) is 0 Å². The summed E-state index contributed by atoms with van der Waals surface area (Å²) in [6.45, 7) is 4.74. The van der Waals surface area contributed by atoms with E-state index in [1.165, 1.54) is 6.33 Å². The predicted molar refractivity (Wildman–Crippen MR) is 64.9 cm³/mol. The zero-order valence-electron chi connectivity index (χ0n) is 10.5. The van der Waals surface area contributed by atoms with Gasteiger partial charge in [0.2, 0.25) is 5.88 Å². The van der Waals surface area contributed by atoms with Gasteiger partial charge in [0, 0.05) is 6.54 Å². The number of ether oxygens (including phenoxy) is 2. The molecule has 7 nitrogen and oxygen atoms in total. The number of aliphatic carboxylic acids is 1. The van der Waals surface area contributed by atoms with Gasteiger partial charge in [-0.1, -0.05) is 0 Å². The fourth-order valence-corrected chi connectivity index (χ4v) is 1.30. The smallest absolute Gasteiger partial charge is 0.329 e. The van der Waals surface area contributed by atoms with Gasteiger partial charge in [-0.3, -0.25) is 0 Å². The molecule has 0 bridgehead atoms. The second kappa shape index (κ2) is 7.44. The molecule has 0 radical (unpaired) electrons. The summed E-state index contributed by atoms with van der Waals surface area (Å²) in [6.07, 6.45) is 1.42. The highest BCUT2D eigenvalue weighted by Gasteiger charge is 2.07. The second-order valence-corrected chi connectivity index (χ2v) is 3.46. The summed E-state index contributed by atoms with van der Waals surface area (Å²) in [5, 5.41) is 11.4. The van der Waals surface area contributed by atoms with Crippen LogP contribution in [0, 0.1) is 6.92 Å². The highest BCUT2D eigenvalue weighted by atomic mass is 16.5. The number of carboxylic acid groups (broad SMARTS) is 1. The molecule has 18 heavy (non-hydrogen) atoms. The van der Waals surface area contributed by atoms with E-state index in [1.54, 1.807) is 0 Å². The van der Waals surface area contributed by atoms with Crippen molar-refractivity contribution in [2.24, 2.45) is 0 Å². The van der Waals surface area contributed by atoms with Crippen LogP contribution in [0.2, 0.25) is 0 Å². The number of hydrogen-bond acceptors (Lipinski definition) is 6. The Balaban J connectivity index is 2.42. The normalized spacial score (nSPS) is 10.1. The Morgan fingerprint density at radius 3 is 2.94 bits per heavy atom. The van der Waals surface area contributed by atoms with Gasteiger partial charge in [-0.15, -0.1) is 0 Å². The Bertz CT molecular complexity index is 398. The number of hydrogen-bond donors (Lipinski definition) is 2. The highest BCUT2D eigenvalue weighted by molar-refractivity contribution is 5.67. The van der Waals surface area contributed by atoms with Crippen LogP contribution in [0.25, 0.3) is 0 Å². The summed E-state index contributed by atoms with van der Waals surface area (Å²) in [6, 6.07) is 0. The highest BCUT2D eigenvalue weighted by Crippen LogP contribution is 2.19. The minimum absolute atomic E-state index is 0.291. The first-order valence-corrected chi connectivity index (χ1v) is 5.63. The average Bonchev–Trinajstić information content (AvgIpc) is 2.33. The number of carboxylic acids is 1. The summed E-state index contributed by atoms with van der Waals surface area (Å²) in [4.78, 5) is 18.3. The zero-order valence-corrected chi connectivity index (χ0v) is 10.5. The molecule has 0 saturated heterocycles. The maximum absolute atomic E-state index is 10.2. The quantitative estimate of drug-likeness (QED) is 0.660. The molecule has 2 N–H and O–H groups in total. The Morgan fingerprint density at radius 2 is 2.28 bits per heavy atom. The van der Waals surface area contributed by atoms with E-state index >= 15 is 0 Å². The molecule has 0 spiro atoms. The lowest BCUT2D eigenvalue weighted by atomic mass is 10.3. The number of carbonyl (C=O) groups is 1. The molecule has 1 aromatic rings. The Morgan fingerprint density at radius 1 is 1.50 bits per heavy atom. The van der Waals surface area contributed by atoms with Crippen molar-refractivity contribution in [1.29, 1.82) is 0 Å². The predicted octanol–water partition coefficient (Wildman–Crippen LogP) is 0.697. The Labute approximate surface area is 105 Å². The van der Waals surface area contributed by atoms with Crippen molar-refractivity contribution >= 4 is 11.8 Å². The molecule has 0 aliphatic heterocycles. The summed E-state index contributed by atoms with van der Waals surface area (Å²) in [7, 11) is 0. The van der Waals surface area contributed by atoms with E-state index in [4.69, 9.17) is 14.6 Å². The third-order valence-corrected chi connectivity index (χ3v) is 2.08. The fraction of sp³-hybridized carbons (Fsp3) is 0.545. The SMILES string of the molecule is CCOc1ncnc(NCCOCC(=O)O)c1C. The van der Waals surface area contributed by atoms with Gasteiger partial charge >= 0.3 is 5.97 Å². The van der Waals surface area contributed by atoms with Gasteiger partial charge in [0.15, 0.2) is 0 Å². The van der Waals surface area contributed by atoms with Crippen LogP contribution in [0.15, 0.2) is 6.33 Å². The van der Waals surface area contributed by atoms with Gasteiger partial charge < -0.3 is 19.9 Å². The molecular formula is C11H17N3O4. The second-order valence-electron chi connectivity index (χ2n) is 3.46. The zero-order chi connectivity index (χ0) is 13.4. The molecule has 100 valence electrons. The van der Waals surface area contributed by atoms with Crippen LogP contribution in [0.3, 0.4) is 0 Å². The summed E-state index contributed by atoms with van der Waals surface area (Å²) >= 11 is 0. The number of aromatic nitrogens is 2. The van der Waals surface area contributed by atoms with E-state index in [1.807, 2.05) is 13.8 Å². The number of rotatable bonds is 8. The van der Waals surface area contributed by atoms with E-state index in [0.29, 0.717) is 31.5 Å². The molecule has 0 aliphatic carbocycles. The summed E-state index contributed by atoms with van der Waals surface area (Å²) in [5.74, 6) is 0.223. The standard InChI is InChI=1S/C11H17N3O4/c1-3-18-11-8(2)10(13-7-14-11)12-4-5-17-6-9(15)16/h7H,3-6H2,1-2H3,(H,15,16)(H,12,13,14). The third-order valence-electron chi connectivity index (χ3n) is 2.08. The molecule has 0 fully saturated rings. The molecule has 0 saturated carbocycles. The van der Waals surface area contributed by atoms with Gasteiger partial charge in [-0.25, -0.2) is 14.8 Å². The fourth-order valence-electron chi connectivity index (χ4n) is 1.30. The molecule has 0 aromatic carbocycles. The van der Waals surface area contributed by atoms with Crippen LogP contribution in [0.4, 0.5) is 5.82 Å². The first-order chi connectivity index (χ1) is 8.65. The van der Waals surface area contributed by atoms with Crippen molar-refractivity contribution in [2.45, 2.75) is 13.8 Å². The van der Waals surface area contributed by atoms with E-state index in [0.717, 1.165) is 5.56 Å². The molecule has 0 aliphatic rings. The summed E-state index contributed by atoms with van der Waals surface area (Å²) < 4.78 is 10.2. The molecule has 0 atom stereocenters. The lowest BCUT2D eigenvalue weighted by Crippen LogP contribution is -2.15. The van der Waals surface area contributed by atoms with Crippen molar-refractivity contribution in [3.05, 3.63) is 11.9 Å². The molecule has 1 heterocycles. The van der Waals surface area contributed by atoms with Crippen molar-refractivity contribution < 1.29 is 19.4 Å². The Hall–Kier alpha value is -1.89. The van der Waals surface area contributed by atoms with Gasteiger partial charge in [0.1, 0.15) is 18.8 Å². The lowest BCUT2D eigenvalue weighted by molar-refractivity contribution is -0.142. The van der Waals surface area contributed by atoms with E-state index < -0.39 is 5.97 Å². The molecular weight excluding hydrogens is 238 g/mol. The monoisotopic (exact) mass is 255 g/mol. The van der Waals surface area contributed by atoms with E-state index in [9.17, 15) is 4.79 Å². The van der Waals surface area contributed by atoms with Gasteiger partial charge in [-0.2, -0.15) is 0 Å². The lowest BCUT2D eigenvalue weighted by Gasteiger charge is -2.11. The molecule has 1 rings (SSSR count). The number of nitrogens with one attached hydrogen (secondary N) is 1. The average molecular weight is 255 g/mol. The van der Waals surface area contributed by atoms with Gasteiger partial charge in [0.25, 0.3) is 0 Å². The van der Waals surface area contributed by atoms with Crippen LogP contribution in [-0.4, -0.2) is 47.4 Å². The molecule has 7 heteroatoms. The van der Waals surface area contributed by atoms with Gasteiger partial charge in [0.05, 0.1) is 18.8 Å².